The van der Waals surface area contributed by atoms with E-state index in [4.69, 9.17) is 4.74 Å². The highest BCUT2D eigenvalue weighted by Gasteiger charge is 2.46. The van der Waals surface area contributed by atoms with Crippen LogP contribution in [0.4, 0.5) is 4.79 Å². The maximum absolute atomic E-state index is 11.8. The smallest absolute Gasteiger partial charge is 0.410 e. The fraction of sp³-hybridized carbons (Fsp3) is 0.462. The van der Waals surface area contributed by atoms with E-state index in [9.17, 15) is 4.79 Å². The highest BCUT2D eigenvalue weighted by atomic mass is 16.6. The van der Waals surface area contributed by atoms with Gasteiger partial charge in [0.05, 0.1) is 6.54 Å². The van der Waals surface area contributed by atoms with Crippen molar-refractivity contribution < 1.29 is 9.53 Å². The van der Waals surface area contributed by atoms with Gasteiger partial charge in [0.15, 0.2) is 0 Å². The van der Waals surface area contributed by atoms with Crippen LogP contribution in [-0.4, -0.2) is 36.2 Å². The molecule has 2 aliphatic rings. The minimum Gasteiger partial charge on any atom is -0.439 e. The maximum atomic E-state index is 11.8. The molecule has 90 valence electrons. The van der Waals surface area contributed by atoms with Gasteiger partial charge in [-0.15, -0.1) is 0 Å². The summed E-state index contributed by atoms with van der Waals surface area (Å²) >= 11 is 0. The summed E-state index contributed by atoms with van der Waals surface area (Å²) in [6.07, 6.45) is 0.738. The molecule has 4 nitrogen and oxygen atoms in total. The lowest BCUT2D eigenvalue weighted by Gasteiger charge is -2.19. The molecular weight excluding hydrogens is 216 g/mol. The van der Waals surface area contributed by atoms with Crippen LogP contribution in [0.15, 0.2) is 30.3 Å². The number of nitrogens with zero attached hydrogens (tertiary/aromatic N) is 1. The molecule has 0 bridgehead atoms. The molecule has 1 N–H and O–H groups in total. The van der Waals surface area contributed by atoms with Crippen molar-refractivity contribution in [1.82, 2.24) is 10.2 Å². The minimum absolute atomic E-state index is 0.183. The van der Waals surface area contributed by atoms with Gasteiger partial charge >= 0.3 is 6.09 Å². The van der Waals surface area contributed by atoms with Gasteiger partial charge in [0.25, 0.3) is 0 Å². The molecule has 3 rings (SSSR count). The predicted octanol–water partition coefficient (Wildman–Crippen LogP) is 1.37. The molecular formula is C13H16N2O2. The second-order valence-corrected chi connectivity index (χ2v) is 4.82. The van der Waals surface area contributed by atoms with E-state index in [1.807, 2.05) is 30.3 Å². The van der Waals surface area contributed by atoms with Crippen LogP contribution in [0.2, 0.25) is 0 Å². The summed E-state index contributed by atoms with van der Waals surface area (Å²) in [5.41, 5.74) is 0.874. The summed E-state index contributed by atoms with van der Waals surface area (Å²) < 4.78 is 5.52. The molecule has 2 fully saturated rings. The van der Waals surface area contributed by atoms with Crippen molar-refractivity contribution in [2.24, 2.45) is 0 Å². The molecule has 0 saturated carbocycles. The number of carbonyl (C=O) groups is 1. The minimum atomic E-state index is -0.272. The lowest BCUT2D eigenvalue weighted by atomic mass is 10.0. The number of carbonyl (C=O) groups excluding carboxylic acids is 1. The van der Waals surface area contributed by atoms with E-state index in [0.717, 1.165) is 25.1 Å². The van der Waals surface area contributed by atoms with Crippen molar-refractivity contribution in [3.05, 3.63) is 35.9 Å². The molecule has 2 heterocycles. The number of nitrogens with one attached hydrogen (secondary N) is 1. The number of ether oxygens (including phenoxy) is 1. The highest BCUT2D eigenvalue weighted by molar-refractivity contribution is 5.71. The Morgan fingerprint density at radius 2 is 2.18 bits per heavy atom. The third-order valence-corrected chi connectivity index (χ3v) is 3.46. The van der Waals surface area contributed by atoms with Crippen molar-refractivity contribution in [3.8, 4) is 0 Å². The SMILES string of the molecule is O=C1OC2(CCNC2)CN1Cc1ccccc1. The Balaban J connectivity index is 1.71. The van der Waals surface area contributed by atoms with Crippen LogP contribution in [0.5, 0.6) is 0 Å². The molecule has 0 aromatic heterocycles. The maximum Gasteiger partial charge on any atom is 0.410 e. The fourth-order valence-corrected chi connectivity index (χ4v) is 2.56. The quantitative estimate of drug-likeness (QED) is 0.837. The first-order valence-electron chi connectivity index (χ1n) is 6.00. The molecule has 17 heavy (non-hydrogen) atoms. The van der Waals surface area contributed by atoms with E-state index >= 15 is 0 Å². The van der Waals surface area contributed by atoms with Crippen LogP contribution < -0.4 is 5.32 Å². The Morgan fingerprint density at radius 3 is 2.88 bits per heavy atom. The summed E-state index contributed by atoms with van der Waals surface area (Å²) in [6.45, 7) is 3.06. The molecule has 1 aromatic rings. The third kappa shape index (κ3) is 2.00. The van der Waals surface area contributed by atoms with Gasteiger partial charge in [-0.3, -0.25) is 4.90 Å². The van der Waals surface area contributed by atoms with Gasteiger partial charge in [-0.2, -0.15) is 0 Å². The lowest BCUT2D eigenvalue weighted by molar-refractivity contribution is 0.0727. The van der Waals surface area contributed by atoms with Crippen molar-refractivity contribution in [2.75, 3.05) is 19.6 Å². The van der Waals surface area contributed by atoms with Gasteiger partial charge in [0, 0.05) is 19.5 Å². The van der Waals surface area contributed by atoms with Crippen molar-refractivity contribution in [1.29, 1.82) is 0 Å². The van der Waals surface area contributed by atoms with E-state index in [-0.39, 0.29) is 11.7 Å². The standard InChI is InChI=1S/C13H16N2O2/c16-12-15(8-11-4-2-1-3-5-11)10-13(17-12)6-7-14-9-13/h1-5,14H,6-10H2. The number of hydrogen-bond acceptors (Lipinski definition) is 3. The predicted molar refractivity (Wildman–Crippen MR) is 63.6 cm³/mol. The van der Waals surface area contributed by atoms with Gasteiger partial charge in [-0.25, -0.2) is 4.79 Å². The first kappa shape index (κ1) is 10.6. The van der Waals surface area contributed by atoms with E-state index < -0.39 is 0 Å². The number of hydrogen-bond donors (Lipinski definition) is 1. The molecule has 4 heteroatoms. The zero-order valence-electron chi connectivity index (χ0n) is 9.69. The topological polar surface area (TPSA) is 41.6 Å². The van der Waals surface area contributed by atoms with E-state index in [1.54, 1.807) is 4.90 Å². The number of amides is 1. The molecule has 1 amide bonds. The summed E-state index contributed by atoms with van der Waals surface area (Å²) in [5, 5.41) is 3.26. The first-order valence-corrected chi connectivity index (χ1v) is 6.00. The molecule has 1 aromatic carbocycles. The van der Waals surface area contributed by atoms with Crippen molar-refractivity contribution in [3.63, 3.8) is 0 Å². The zero-order valence-corrected chi connectivity index (χ0v) is 9.69. The average Bonchev–Trinajstić information content (AvgIpc) is 2.89. The number of benzene rings is 1. The van der Waals surface area contributed by atoms with Crippen LogP contribution in [0.25, 0.3) is 0 Å². The second kappa shape index (κ2) is 4.04. The van der Waals surface area contributed by atoms with Crippen LogP contribution in [-0.2, 0) is 11.3 Å². The van der Waals surface area contributed by atoms with Crippen LogP contribution in [0.1, 0.15) is 12.0 Å². The van der Waals surface area contributed by atoms with Gasteiger partial charge in [-0.1, -0.05) is 30.3 Å². The van der Waals surface area contributed by atoms with Crippen LogP contribution in [0, 0.1) is 0 Å². The summed E-state index contributed by atoms with van der Waals surface area (Å²) in [6, 6.07) is 10.0. The molecule has 1 spiro atoms. The zero-order chi connectivity index (χ0) is 11.7. The molecule has 1 atom stereocenters. The summed E-state index contributed by atoms with van der Waals surface area (Å²) in [5.74, 6) is 0. The largest absolute Gasteiger partial charge is 0.439 e. The van der Waals surface area contributed by atoms with Gasteiger partial charge in [0.2, 0.25) is 0 Å². The Labute approximate surface area is 101 Å². The van der Waals surface area contributed by atoms with Gasteiger partial charge in [-0.05, 0) is 12.1 Å². The van der Waals surface area contributed by atoms with E-state index in [0.29, 0.717) is 13.1 Å². The van der Waals surface area contributed by atoms with Crippen LogP contribution >= 0.6 is 0 Å². The summed E-state index contributed by atoms with van der Waals surface area (Å²) in [4.78, 5) is 13.6. The third-order valence-electron chi connectivity index (χ3n) is 3.46. The monoisotopic (exact) mass is 232 g/mol. The Morgan fingerprint density at radius 1 is 1.35 bits per heavy atom. The molecule has 2 saturated heterocycles. The van der Waals surface area contributed by atoms with Crippen LogP contribution in [0.3, 0.4) is 0 Å². The molecule has 0 radical (unpaired) electrons. The van der Waals surface area contributed by atoms with E-state index in [1.165, 1.54) is 0 Å². The average molecular weight is 232 g/mol. The first-order chi connectivity index (χ1) is 8.27. The second-order valence-electron chi connectivity index (χ2n) is 4.82. The fourth-order valence-electron chi connectivity index (χ4n) is 2.56. The highest BCUT2D eigenvalue weighted by Crippen LogP contribution is 2.29. The van der Waals surface area contributed by atoms with Crippen molar-refractivity contribution >= 4 is 6.09 Å². The normalized spacial score (nSPS) is 27.8. The Hall–Kier alpha value is -1.55. The Bertz CT molecular complexity index is 413. The van der Waals surface area contributed by atoms with Gasteiger partial charge in [0.1, 0.15) is 5.60 Å². The van der Waals surface area contributed by atoms with E-state index in [2.05, 4.69) is 5.32 Å². The number of rotatable bonds is 2. The molecule has 1 unspecified atom stereocenters. The lowest BCUT2D eigenvalue weighted by Crippen LogP contribution is -2.36. The van der Waals surface area contributed by atoms with Crippen molar-refractivity contribution in [2.45, 2.75) is 18.6 Å². The molecule has 0 aliphatic carbocycles. The van der Waals surface area contributed by atoms with Gasteiger partial charge < -0.3 is 10.1 Å². The summed E-state index contributed by atoms with van der Waals surface area (Å²) in [7, 11) is 0. The molecule has 2 aliphatic heterocycles. The Kier molecular flexibility index (Phi) is 2.52.